The van der Waals surface area contributed by atoms with Gasteiger partial charge in [-0.2, -0.15) is 0 Å². The Labute approximate surface area is 172 Å². The highest BCUT2D eigenvalue weighted by molar-refractivity contribution is 6.42. The fourth-order valence-corrected chi connectivity index (χ4v) is 2.94. The summed E-state index contributed by atoms with van der Waals surface area (Å²) in [7, 11) is 0. The van der Waals surface area contributed by atoms with Gasteiger partial charge in [0.2, 0.25) is 5.91 Å². The molecular weight excluding hydrogens is 409 g/mol. The summed E-state index contributed by atoms with van der Waals surface area (Å²) in [6.07, 6.45) is 0. The molecule has 0 radical (unpaired) electrons. The van der Waals surface area contributed by atoms with Crippen molar-refractivity contribution in [1.82, 2.24) is 10.6 Å². The number of hydrogen-bond acceptors (Lipinski definition) is 2. The number of halogens is 4. The van der Waals surface area contributed by atoms with Crippen molar-refractivity contribution < 1.29 is 18.4 Å². The van der Waals surface area contributed by atoms with Gasteiger partial charge < -0.3 is 10.6 Å². The maximum absolute atomic E-state index is 13.8. The van der Waals surface area contributed by atoms with Gasteiger partial charge in [0, 0.05) is 0 Å². The van der Waals surface area contributed by atoms with Crippen molar-refractivity contribution in [3.63, 3.8) is 0 Å². The molecule has 2 aromatic carbocycles. The van der Waals surface area contributed by atoms with Gasteiger partial charge in [-0.25, -0.2) is 8.78 Å². The first-order valence-corrected chi connectivity index (χ1v) is 9.37. The lowest BCUT2D eigenvalue weighted by molar-refractivity contribution is -0.124. The topological polar surface area (TPSA) is 58.2 Å². The second-order valence-electron chi connectivity index (χ2n) is 6.70. The predicted octanol–water partition coefficient (Wildman–Crippen LogP) is 4.90. The Kier molecular flexibility index (Phi) is 7.38. The van der Waals surface area contributed by atoms with Gasteiger partial charge in [-0.15, -0.1) is 0 Å². The molecule has 8 heteroatoms. The average molecular weight is 429 g/mol. The largest absolute Gasteiger partial charge is 0.348 e. The van der Waals surface area contributed by atoms with E-state index >= 15 is 0 Å². The SMILES string of the molecule is CC(C)[C@H](NC(=O)c1c(F)cccc1F)C(=O)N[C@@H](C)c1ccc(Cl)c(Cl)c1. The van der Waals surface area contributed by atoms with Crippen LogP contribution in [0.25, 0.3) is 0 Å². The molecule has 0 unspecified atom stereocenters. The summed E-state index contributed by atoms with van der Waals surface area (Å²) < 4.78 is 27.7. The maximum atomic E-state index is 13.8. The van der Waals surface area contributed by atoms with Gasteiger partial charge in [-0.3, -0.25) is 9.59 Å². The number of amides is 2. The minimum absolute atomic E-state index is 0.320. The normalized spacial score (nSPS) is 13.1. The van der Waals surface area contributed by atoms with Gasteiger partial charge >= 0.3 is 0 Å². The lowest BCUT2D eigenvalue weighted by atomic mass is 10.0. The lowest BCUT2D eigenvalue weighted by Crippen LogP contribution is -2.50. The van der Waals surface area contributed by atoms with E-state index in [1.54, 1.807) is 39.0 Å². The first-order chi connectivity index (χ1) is 13.1. The second kappa shape index (κ2) is 9.34. The van der Waals surface area contributed by atoms with Crippen LogP contribution in [-0.2, 0) is 4.79 Å². The van der Waals surface area contributed by atoms with Crippen molar-refractivity contribution >= 4 is 35.0 Å². The third-order valence-corrected chi connectivity index (χ3v) is 4.97. The number of benzene rings is 2. The molecule has 2 atom stereocenters. The second-order valence-corrected chi connectivity index (χ2v) is 7.51. The Morgan fingerprint density at radius 3 is 2.07 bits per heavy atom. The Bertz CT molecular complexity index is 870. The standard InChI is InChI=1S/C20H20Cl2F2N2O2/c1-10(2)18(26-19(27)17-15(23)5-4-6-16(17)24)20(28)25-11(3)12-7-8-13(21)14(22)9-12/h4-11,18H,1-3H3,(H,25,28)(H,26,27)/t11-,18-/m0/s1. The van der Waals surface area contributed by atoms with E-state index in [0.29, 0.717) is 10.0 Å². The predicted molar refractivity (Wildman–Crippen MR) is 105 cm³/mol. The summed E-state index contributed by atoms with van der Waals surface area (Å²) in [4.78, 5) is 25.0. The Morgan fingerprint density at radius 2 is 1.54 bits per heavy atom. The van der Waals surface area contributed by atoms with Crippen LogP contribution in [0, 0.1) is 17.6 Å². The van der Waals surface area contributed by atoms with Crippen molar-refractivity contribution in [2.75, 3.05) is 0 Å². The number of carbonyl (C=O) groups is 2. The van der Waals surface area contributed by atoms with Crippen LogP contribution in [0.2, 0.25) is 10.0 Å². The molecule has 2 amide bonds. The molecule has 0 aliphatic heterocycles. The first kappa shape index (κ1) is 22.1. The fraction of sp³-hybridized carbons (Fsp3) is 0.300. The van der Waals surface area contributed by atoms with Crippen molar-refractivity contribution in [3.05, 3.63) is 69.2 Å². The van der Waals surface area contributed by atoms with Gasteiger partial charge in [0.25, 0.3) is 5.91 Å². The molecule has 2 aromatic rings. The fourth-order valence-electron chi connectivity index (χ4n) is 2.63. The smallest absolute Gasteiger partial charge is 0.257 e. The molecule has 2 N–H and O–H groups in total. The van der Waals surface area contributed by atoms with Crippen molar-refractivity contribution in [3.8, 4) is 0 Å². The molecule has 0 aliphatic rings. The maximum Gasteiger partial charge on any atom is 0.257 e. The molecule has 28 heavy (non-hydrogen) atoms. The molecule has 0 heterocycles. The van der Waals surface area contributed by atoms with E-state index in [1.807, 2.05) is 0 Å². The lowest BCUT2D eigenvalue weighted by Gasteiger charge is -2.24. The van der Waals surface area contributed by atoms with E-state index in [9.17, 15) is 18.4 Å². The average Bonchev–Trinajstić information content (AvgIpc) is 2.61. The zero-order valence-electron chi connectivity index (χ0n) is 15.5. The van der Waals surface area contributed by atoms with E-state index in [1.165, 1.54) is 0 Å². The van der Waals surface area contributed by atoms with Crippen LogP contribution in [0.3, 0.4) is 0 Å². The highest BCUT2D eigenvalue weighted by atomic mass is 35.5. The summed E-state index contributed by atoms with van der Waals surface area (Å²) >= 11 is 11.9. The van der Waals surface area contributed by atoms with Crippen LogP contribution >= 0.6 is 23.2 Å². The molecule has 0 aromatic heterocycles. The van der Waals surface area contributed by atoms with Crippen LogP contribution in [0.1, 0.15) is 42.7 Å². The van der Waals surface area contributed by atoms with Crippen LogP contribution < -0.4 is 10.6 Å². The third-order valence-electron chi connectivity index (χ3n) is 4.23. The Hall–Kier alpha value is -2.18. The van der Waals surface area contributed by atoms with E-state index in [4.69, 9.17) is 23.2 Å². The minimum atomic E-state index is -0.996. The summed E-state index contributed by atoms with van der Waals surface area (Å²) in [5, 5.41) is 5.92. The summed E-state index contributed by atoms with van der Waals surface area (Å²) in [5.41, 5.74) is -0.00443. The van der Waals surface area contributed by atoms with Gasteiger partial charge in [0.15, 0.2) is 0 Å². The summed E-state index contributed by atoms with van der Waals surface area (Å²) in [5.74, 6) is -3.79. The van der Waals surface area contributed by atoms with Crippen molar-refractivity contribution in [2.45, 2.75) is 32.9 Å². The van der Waals surface area contributed by atoms with Crippen LogP contribution in [-0.4, -0.2) is 17.9 Å². The third kappa shape index (κ3) is 5.20. The molecule has 0 fully saturated rings. The molecule has 0 spiro atoms. The van der Waals surface area contributed by atoms with Crippen molar-refractivity contribution in [1.29, 1.82) is 0 Å². The molecular formula is C20H20Cl2F2N2O2. The number of carbonyl (C=O) groups excluding carboxylic acids is 2. The quantitative estimate of drug-likeness (QED) is 0.686. The van der Waals surface area contributed by atoms with Crippen molar-refractivity contribution in [2.24, 2.45) is 5.92 Å². The number of rotatable bonds is 6. The minimum Gasteiger partial charge on any atom is -0.348 e. The van der Waals surface area contributed by atoms with Gasteiger partial charge in [-0.1, -0.05) is 49.2 Å². The molecule has 2 rings (SSSR count). The Balaban J connectivity index is 2.15. The number of hydrogen-bond donors (Lipinski definition) is 2. The molecule has 4 nitrogen and oxygen atoms in total. The van der Waals surface area contributed by atoms with Gasteiger partial charge in [0.05, 0.1) is 16.1 Å². The zero-order valence-corrected chi connectivity index (χ0v) is 17.0. The Morgan fingerprint density at radius 1 is 0.929 bits per heavy atom. The molecule has 0 saturated carbocycles. The molecule has 150 valence electrons. The highest BCUT2D eigenvalue weighted by Crippen LogP contribution is 2.25. The van der Waals surface area contributed by atoms with Crippen LogP contribution in [0.5, 0.6) is 0 Å². The van der Waals surface area contributed by atoms with Crippen LogP contribution in [0.4, 0.5) is 8.78 Å². The highest BCUT2D eigenvalue weighted by Gasteiger charge is 2.28. The zero-order chi connectivity index (χ0) is 21.0. The number of nitrogens with one attached hydrogen (secondary N) is 2. The van der Waals surface area contributed by atoms with Gasteiger partial charge in [0.1, 0.15) is 23.2 Å². The summed E-state index contributed by atoms with van der Waals surface area (Å²) in [6.45, 7) is 5.17. The first-order valence-electron chi connectivity index (χ1n) is 8.62. The van der Waals surface area contributed by atoms with Gasteiger partial charge in [-0.05, 0) is 42.7 Å². The molecule has 0 bridgehead atoms. The van der Waals surface area contributed by atoms with E-state index in [-0.39, 0.29) is 5.92 Å². The van der Waals surface area contributed by atoms with E-state index in [0.717, 1.165) is 23.8 Å². The monoisotopic (exact) mass is 428 g/mol. The van der Waals surface area contributed by atoms with E-state index < -0.39 is 41.1 Å². The summed E-state index contributed by atoms with van der Waals surface area (Å²) in [6, 6.07) is 6.67. The molecule has 0 aliphatic carbocycles. The van der Waals surface area contributed by atoms with Crippen LogP contribution in [0.15, 0.2) is 36.4 Å². The van der Waals surface area contributed by atoms with E-state index in [2.05, 4.69) is 10.6 Å². The molecule has 0 saturated heterocycles.